The van der Waals surface area contributed by atoms with Gasteiger partial charge in [-0.3, -0.25) is 4.79 Å². The highest BCUT2D eigenvalue weighted by molar-refractivity contribution is 5.92. The minimum Gasteiger partial charge on any atom is -0.451 e. The average molecular weight is 346 g/mol. The van der Waals surface area contributed by atoms with Gasteiger partial charge in [0.1, 0.15) is 11.6 Å². The van der Waals surface area contributed by atoms with Crippen LogP contribution in [0.1, 0.15) is 23.4 Å². The number of methoxy groups -OCH3 is 1. The molecule has 0 radical (unpaired) electrons. The number of nitrogens with one attached hydrogen (secondary N) is 2. The molecular weight excluding hydrogens is 323 g/mol. The Morgan fingerprint density at radius 3 is 2.76 bits per heavy atom. The van der Waals surface area contributed by atoms with Gasteiger partial charge in [-0.25, -0.2) is 4.39 Å². The molecule has 1 aliphatic heterocycles. The highest BCUT2D eigenvalue weighted by Crippen LogP contribution is 2.29. The van der Waals surface area contributed by atoms with E-state index in [0.29, 0.717) is 24.5 Å². The van der Waals surface area contributed by atoms with Gasteiger partial charge in [0.15, 0.2) is 5.76 Å². The molecule has 25 heavy (non-hydrogen) atoms. The van der Waals surface area contributed by atoms with Gasteiger partial charge in [0.05, 0.1) is 12.2 Å². The van der Waals surface area contributed by atoms with Crippen LogP contribution in [0.5, 0.6) is 0 Å². The summed E-state index contributed by atoms with van der Waals surface area (Å²) in [5, 5.41) is 6.26. The first-order valence-electron chi connectivity index (χ1n) is 8.46. The molecule has 3 rings (SSSR count). The molecule has 1 fully saturated rings. The van der Waals surface area contributed by atoms with Crippen LogP contribution in [-0.2, 0) is 4.74 Å². The molecule has 2 N–H and O–H groups in total. The Hall–Kier alpha value is -2.18. The van der Waals surface area contributed by atoms with Gasteiger partial charge in [0.2, 0.25) is 0 Å². The summed E-state index contributed by atoms with van der Waals surface area (Å²) in [5.41, 5.74) is 0.284. The number of halogens is 1. The smallest absolute Gasteiger partial charge is 0.287 e. The summed E-state index contributed by atoms with van der Waals surface area (Å²) in [7, 11) is 1.68. The molecule has 6 heteroatoms. The summed E-state index contributed by atoms with van der Waals surface area (Å²) in [4.78, 5) is 12.4. The Kier molecular flexibility index (Phi) is 5.50. The van der Waals surface area contributed by atoms with Crippen molar-refractivity contribution in [2.75, 3.05) is 33.4 Å². The van der Waals surface area contributed by atoms with Crippen LogP contribution in [-0.4, -0.2) is 39.3 Å². The quantitative estimate of drug-likeness (QED) is 0.844. The van der Waals surface area contributed by atoms with Gasteiger partial charge in [-0.15, -0.1) is 0 Å². The standard InChI is InChI=1S/C19H23FN2O3/c1-24-13-19(8-10-21-11-9-19)12-22-18(23)17-7-6-16(25-17)14-4-2-3-5-15(14)20/h2-7,21H,8-13H2,1H3,(H,22,23). The van der Waals surface area contributed by atoms with Gasteiger partial charge >= 0.3 is 0 Å². The molecule has 0 aliphatic carbocycles. The minimum absolute atomic E-state index is 0.0589. The number of hydrogen-bond donors (Lipinski definition) is 2. The Morgan fingerprint density at radius 2 is 2.04 bits per heavy atom. The molecule has 5 nitrogen and oxygen atoms in total. The van der Waals surface area contributed by atoms with Gasteiger partial charge in [-0.1, -0.05) is 12.1 Å². The van der Waals surface area contributed by atoms with Gasteiger partial charge < -0.3 is 19.8 Å². The normalized spacial score (nSPS) is 16.6. The number of furan rings is 1. The number of hydrogen-bond acceptors (Lipinski definition) is 4. The lowest BCUT2D eigenvalue weighted by Crippen LogP contribution is -2.47. The Bertz CT molecular complexity index is 717. The van der Waals surface area contributed by atoms with Crippen LogP contribution in [0.15, 0.2) is 40.8 Å². The molecule has 0 unspecified atom stereocenters. The molecule has 0 bridgehead atoms. The van der Waals surface area contributed by atoms with Crippen molar-refractivity contribution < 1.29 is 18.3 Å². The van der Waals surface area contributed by atoms with Crippen molar-refractivity contribution in [1.82, 2.24) is 10.6 Å². The fourth-order valence-electron chi connectivity index (χ4n) is 3.26. The fraction of sp³-hybridized carbons (Fsp3) is 0.421. The molecule has 0 spiro atoms. The van der Waals surface area contributed by atoms with Gasteiger partial charge in [-0.2, -0.15) is 0 Å². The second kappa shape index (κ2) is 7.80. The van der Waals surface area contributed by atoms with Crippen LogP contribution in [0, 0.1) is 11.2 Å². The average Bonchev–Trinajstić information content (AvgIpc) is 3.11. The summed E-state index contributed by atoms with van der Waals surface area (Å²) >= 11 is 0. The third-order valence-corrected chi connectivity index (χ3v) is 4.71. The van der Waals surface area contributed by atoms with Crippen molar-refractivity contribution in [3.63, 3.8) is 0 Å². The monoisotopic (exact) mass is 346 g/mol. The van der Waals surface area contributed by atoms with Crippen molar-refractivity contribution in [1.29, 1.82) is 0 Å². The summed E-state index contributed by atoms with van der Waals surface area (Å²) in [6.07, 6.45) is 1.89. The predicted octanol–water partition coefficient (Wildman–Crippen LogP) is 2.83. The topological polar surface area (TPSA) is 63.5 Å². The molecule has 2 heterocycles. The maximum atomic E-state index is 13.8. The first-order chi connectivity index (χ1) is 12.1. The Morgan fingerprint density at radius 1 is 1.28 bits per heavy atom. The lowest BCUT2D eigenvalue weighted by atomic mass is 9.79. The molecule has 0 saturated carbocycles. The largest absolute Gasteiger partial charge is 0.451 e. The zero-order valence-electron chi connectivity index (χ0n) is 14.3. The highest BCUT2D eigenvalue weighted by atomic mass is 19.1. The van der Waals surface area contributed by atoms with Crippen LogP contribution in [0.3, 0.4) is 0 Å². The first kappa shape index (κ1) is 17.6. The third-order valence-electron chi connectivity index (χ3n) is 4.71. The second-order valence-electron chi connectivity index (χ2n) is 6.51. The van der Waals surface area contributed by atoms with E-state index in [-0.39, 0.29) is 22.9 Å². The predicted molar refractivity (Wildman–Crippen MR) is 92.8 cm³/mol. The SMILES string of the molecule is COCC1(CNC(=O)c2ccc(-c3ccccc3F)o2)CCNCC1. The number of benzene rings is 1. The van der Waals surface area contributed by atoms with Crippen LogP contribution in [0.4, 0.5) is 4.39 Å². The third kappa shape index (κ3) is 4.08. The molecule has 2 aromatic rings. The van der Waals surface area contributed by atoms with Crippen LogP contribution in [0.25, 0.3) is 11.3 Å². The van der Waals surface area contributed by atoms with E-state index < -0.39 is 0 Å². The van der Waals surface area contributed by atoms with E-state index in [1.807, 2.05) is 0 Å². The van der Waals surface area contributed by atoms with E-state index in [2.05, 4.69) is 10.6 Å². The summed E-state index contributed by atoms with van der Waals surface area (Å²) < 4.78 is 24.7. The minimum atomic E-state index is -0.377. The molecule has 1 saturated heterocycles. The van der Waals surface area contributed by atoms with Gasteiger partial charge in [0.25, 0.3) is 5.91 Å². The van der Waals surface area contributed by atoms with E-state index >= 15 is 0 Å². The van der Waals surface area contributed by atoms with Crippen molar-refractivity contribution in [3.05, 3.63) is 48.0 Å². The van der Waals surface area contributed by atoms with Crippen LogP contribution >= 0.6 is 0 Å². The number of amides is 1. The Labute approximate surface area is 146 Å². The molecular formula is C19H23FN2O3. The van der Waals surface area contributed by atoms with Crippen molar-refractivity contribution in [3.8, 4) is 11.3 Å². The van der Waals surface area contributed by atoms with Crippen LogP contribution in [0.2, 0.25) is 0 Å². The van der Waals surface area contributed by atoms with E-state index in [0.717, 1.165) is 25.9 Å². The molecule has 0 atom stereocenters. The van der Waals surface area contributed by atoms with E-state index in [1.165, 1.54) is 6.07 Å². The van der Waals surface area contributed by atoms with E-state index in [4.69, 9.17) is 9.15 Å². The number of piperidine rings is 1. The summed E-state index contributed by atoms with van der Waals surface area (Å²) in [5.74, 6) is -0.148. The van der Waals surface area contributed by atoms with Crippen molar-refractivity contribution in [2.45, 2.75) is 12.8 Å². The number of ether oxygens (including phenoxy) is 1. The summed E-state index contributed by atoms with van der Waals surface area (Å²) in [6.45, 7) is 2.96. The highest BCUT2D eigenvalue weighted by Gasteiger charge is 2.32. The molecule has 1 aromatic heterocycles. The van der Waals surface area contributed by atoms with Gasteiger partial charge in [0, 0.05) is 19.1 Å². The lowest BCUT2D eigenvalue weighted by Gasteiger charge is -2.37. The molecule has 1 amide bonds. The van der Waals surface area contributed by atoms with Crippen molar-refractivity contribution >= 4 is 5.91 Å². The van der Waals surface area contributed by atoms with Gasteiger partial charge in [-0.05, 0) is 50.2 Å². The number of carbonyl (C=O) groups excluding carboxylic acids is 1. The fourth-order valence-corrected chi connectivity index (χ4v) is 3.26. The Balaban J connectivity index is 1.66. The zero-order valence-corrected chi connectivity index (χ0v) is 14.3. The number of carbonyl (C=O) groups is 1. The molecule has 1 aliphatic rings. The second-order valence-corrected chi connectivity index (χ2v) is 6.51. The maximum Gasteiger partial charge on any atom is 0.287 e. The summed E-state index contributed by atoms with van der Waals surface area (Å²) in [6, 6.07) is 9.52. The van der Waals surface area contributed by atoms with Crippen LogP contribution < -0.4 is 10.6 Å². The number of rotatable bonds is 6. The molecule has 1 aromatic carbocycles. The van der Waals surface area contributed by atoms with E-state index in [9.17, 15) is 9.18 Å². The zero-order chi connectivity index (χ0) is 17.7. The van der Waals surface area contributed by atoms with Crippen molar-refractivity contribution in [2.24, 2.45) is 5.41 Å². The first-order valence-corrected chi connectivity index (χ1v) is 8.46. The van der Waals surface area contributed by atoms with E-state index in [1.54, 1.807) is 37.4 Å². The molecule has 134 valence electrons. The lowest BCUT2D eigenvalue weighted by molar-refractivity contribution is 0.0506. The maximum absolute atomic E-state index is 13.8.